The maximum atomic E-state index is 13.1. The van der Waals surface area contributed by atoms with E-state index in [9.17, 15) is 22.8 Å². The lowest BCUT2D eigenvalue weighted by Gasteiger charge is -2.36. The second-order valence-corrected chi connectivity index (χ2v) is 9.37. The molecule has 0 radical (unpaired) electrons. The Balaban J connectivity index is 1.38. The SMILES string of the molecule is Cc1ccc(C(F)(F)F)cc1CNC(=O)CCC(=O)N1CCc2sccc2C1c1ccccc1. The van der Waals surface area contributed by atoms with E-state index in [1.165, 1.54) is 10.9 Å². The molecule has 3 aromatic rings. The average Bonchev–Trinajstić information content (AvgIpc) is 3.30. The molecule has 2 amide bonds. The van der Waals surface area contributed by atoms with Crippen LogP contribution in [0.2, 0.25) is 0 Å². The van der Waals surface area contributed by atoms with Gasteiger partial charge in [-0.25, -0.2) is 0 Å². The molecule has 8 heteroatoms. The molecule has 1 N–H and O–H groups in total. The Morgan fingerprint density at radius 2 is 1.85 bits per heavy atom. The Hall–Kier alpha value is -3.13. The van der Waals surface area contributed by atoms with Crippen molar-refractivity contribution in [3.63, 3.8) is 0 Å². The van der Waals surface area contributed by atoms with Gasteiger partial charge in [0.05, 0.1) is 11.6 Å². The molecule has 4 rings (SSSR count). The summed E-state index contributed by atoms with van der Waals surface area (Å²) in [6, 6.07) is 15.2. The number of fused-ring (bicyclic) bond motifs is 1. The van der Waals surface area contributed by atoms with Gasteiger partial charge in [-0.1, -0.05) is 36.4 Å². The molecule has 1 atom stereocenters. The molecule has 1 aliphatic rings. The summed E-state index contributed by atoms with van der Waals surface area (Å²) in [5.41, 5.74) is 2.47. The third kappa shape index (κ3) is 5.33. The Bertz CT molecular complexity index is 1170. The predicted molar refractivity (Wildman–Crippen MR) is 125 cm³/mol. The van der Waals surface area contributed by atoms with E-state index in [2.05, 4.69) is 11.4 Å². The summed E-state index contributed by atoms with van der Waals surface area (Å²) >= 11 is 1.69. The Morgan fingerprint density at radius 3 is 2.59 bits per heavy atom. The zero-order chi connectivity index (χ0) is 24.3. The van der Waals surface area contributed by atoms with E-state index in [1.807, 2.05) is 40.6 Å². The van der Waals surface area contributed by atoms with Crippen LogP contribution in [0.25, 0.3) is 0 Å². The summed E-state index contributed by atoms with van der Waals surface area (Å²) in [5, 5.41) is 4.70. The van der Waals surface area contributed by atoms with E-state index < -0.39 is 11.7 Å². The second kappa shape index (κ2) is 10.0. The molecule has 0 bridgehead atoms. The third-order valence-electron chi connectivity index (χ3n) is 6.12. The van der Waals surface area contributed by atoms with Crippen molar-refractivity contribution in [2.24, 2.45) is 0 Å². The van der Waals surface area contributed by atoms with Crippen molar-refractivity contribution in [3.8, 4) is 0 Å². The van der Waals surface area contributed by atoms with Gasteiger partial charge in [0, 0.05) is 30.8 Å². The number of aryl methyl sites for hydroxylation is 1. The summed E-state index contributed by atoms with van der Waals surface area (Å²) in [7, 11) is 0. The number of hydrogen-bond acceptors (Lipinski definition) is 3. The first-order chi connectivity index (χ1) is 16.2. The number of nitrogens with one attached hydrogen (secondary N) is 1. The maximum absolute atomic E-state index is 13.1. The van der Waals surface area contributed by atoms with Crippen LogP contribution in [0.1, 0.15) is 51.6 Å². The fraction of sp³-hybridized carbons (Fsp3) is 0.308. The van der Waals surface area contributed by atoms with Crippen molar-refractivity contribution in [3.05, 3.63) is 92.7 Å². The van der Waals surface area contributed by atoms with Crippen LogP contribution in [-0.2, 0) is 28.7 Å². The third-order valence-corrected chi connectivity index (χ3v) is 7.12. The average molecular weight is 487 g/mol. The fourth-order valence-corrected chi connectivity index (χ4v) is 5.17. The Morgan fingerprint density at radius 1 is 1.09 bits per heavy atom. The van der Waals surface area contributed by atoms with E-state index in [0.717, 1.165) is 29.7 Å². The molecule has 1 aliphatic heterocycles. The number of carbonyl (C=O) groups is 2. The summed E-state index contributed by atoms with van der Waals surface area (Å²) in [6.45, 7) is 2.26. The molecule has 178 valence electrons. The van der Waals surface area contributed by atoms with Crippen LogP contribution in [0.15, 0.2) is 60.0 Å². The highest BCUT2D eigenvalue weighted by Gasteiger charge is 2.33. The monoisotopic (exact) mass is 486 g/mol. The molecular weight excluding hydrogens is 461 g/mol. The van der Waals surface area contributed by atoms with Gasteiger partial charge < -0.3 is 10.2 Å². The minimum atomic E-state index is -4.44. The summed E-state index contributed by atoms with van der Waals surface area (Å²) in [6.07, 6.45) is -3.64. The van der Waals surface area contributed by atoms with Crippen LogP contribution in [0.5, 0.6) is 0 Å². The molecule has 2 heterocycles. The normalized spacial score (nSPS) is 15.6. The van der Waals surface area contributed by atoms with Crippen LogP contribution in [0, 0.1) is 6.92 Å². The number of benzene rings is 2. The second-order valence-electron chi connectivity index (χ2n) is 8.37. The summed E-state index contributed by atoms with van der Waals surface area (Å²) in [5.74, 6) is -0.481. The van der Waals surface area contributed by atoms with Gasteiger partial charge in [-0.15, -0.1) is 11.3 Å². The van der Waals surface area contributed by atoms with Gasteiger partial charge in [-0.3, -0.25) is 9.59 Å². The smallest absolute Gasteiger partial charge is 0.352 e. The molecule has 2 aromatic carbocycles. The highest BCUT2D eigenvalue weighted by atomic mass is 32.1. The Kier molecular flexibility index (Phi) is 7.07. The minimum Gasteiger partial charge on any atom is -0.352 e. The molecule has 34 heavy (non-hydrogen) atoms. The highest BCUT2D eigenvalue weighted by Crippen LogP contribution is 2.38. The number of thiophene rings is 1. The molecule has 0 saturated carbocycles. The van der Waals surface area contributed by atoms with Gasteiger partial charge in [-0.05, 0) is 59.2 Å². The Labute approximate surface area is 200 Å². The van der Waals surface area contributed by atoms with Gasteiger partial charge in [0.25, 0.3) is 0 Å². The first kappa shape index (κ1) is 24.0. The number of rotatable bonds is 6. The summed E-state index contributed by atoms with van der Waals surface area (Å²) in [4.78, 5) is 28.6. The van der Waals surface area contributed by atoms with Gasteiger partial charge in [0.2, 0.25) is 11.8 Å². The van der Waals surface area contributed by atoms with Crippen molar-refractivity contribution < 1.29 is 22.8 Å². The maximum Gasteiger partial charge on any atom is 0.416 e. The number of carbonyl (C=O) groups excluding carboxylic acids is 2. The largest absolute Gasteiger partial charge is 0.416 e. The lowest BCUT2D eigenvalue weighted by atomic mass is 9.93. The number of amides is 2. The zero-order valence-electron chi connectivity index (χ0n) is 18.7. The van der Waals surface area contributed by atoms with E-state index in [1.54, 1.807) is 18.3 Å². The fourth-order valence-electron chi connectivity index (χ4n) is 4.26. The van der Waals surface area contributed by atoms with Crippen molar-refractivity contribution in [2.75, 3.05) is 6.54 Å². The van der Waals surface area contributed by atoms with Crippen molar-refractivity contribution >= 4 is 23.2 Å². The van der Waals surface area contributed by atoms with Crippen LogP contribution in [0.3, 0.4) is 0 Å². The number of alkyl halides is 3. The number of nitrogens with zero attached hydrogens (tertiary/aromatic N) is 1. The van der Waals surface area contributed by atoms with E-state index in [0.29, 0.717) is 17.7 Å². The molecule has 0 spiro atoms. The molecule has 0 saturated heterocycles. The van der Waals surface area contributed by atoms with Crippen molar-refractivity contribution in [1.29, 1.82) is 0 Å². The first-order valence-electron chi connectivity index (χ1n) is 11.1. The van der Waals surface area contributed by atoms with E-state index in [4.69, 9.17) is 0 Å². The molecule has 1 aromatic heterocycles. The van der Waals surface area contributed by atoms with Gasteiger partial charge in [0.15, 0.2) is 0 Å². The van der Waals surface area contributed by atoms with Crippen molar-refractivity contribution in [1.82, 2.24) is 10.2 Å². The minimum absolute atomic E-state index is 0.0165. The zero-order valence-corrected chi connectivity index (χ0v) is 19.5. The quantitative estimate of drug-likeness (QED) is 0.490. The molecule has 4 nitrogen and oxygen atoms in total. The van der Waals surface area contributed by atoms with Gasteiger partial charge in [0.1, 0.15) is 0 Å². The van der Waals surface area contributed by atoms with Crippen molar-refractivity contribution in [2.45, 2.75) is 44.9 Å². The van der Waals surface area contributed by atoms with E-state index in [-0.39, 0.29) is 37.2 Å². The highest BCUT2D eigenvalue weighted by molar-refractivity contribution is 7.10. The lowest BCUT2D eigenvalue weighted by Crippen LogP contribution is -2.40. The molecule has 0 fully saturated rings. The van der Waals surface area contributed by atoms with Crippen LogP contribution < -0.4 is 5.32 Å². The van der Waals surface area contributed by atoms with E-state index >= 15 is 0 Å². The van der Waals surface area contributed by atoms with Crippen LogP contribution >= 0.6 is 11.3 Å². The lowest BCUT2D eigenvalue weighted by molar-refractivity contribution is -0.137. The summed E-state index contributed by atoms with van der Waals surface area (Å²) < 4.78 is 38.9. The predicted octanol–water partition coefficient (Wildman–Crippen LogP) is 5.65. The van der Waals surface area contributed by atoms with Gasteiger partial charge in [-0.2, -0.15) is 13.2 Å². The van der Waals surface area contributed by atoms with Crippen LogP contribution in [0.4, 0.5) is 13.2 Å². The number of halogens is 3. The molecular formula is C26H25F3N2O2S. The molecule has 0 aliphatic carbocycles. The standard InChI is InChI=1S/C26H25F3N2O2S/c1-17-7-8-20(26(27,28)29)15-19(17)16-30-23(32)9-10-24(33)31-13-11-22-21(12-14-34-22)25(31)18-5-3-2-4-6-18/h2-8,12,14-15,25H,9-11,13,16H2,1H3,(H,30,32). The van der Waals surface area contributed by atoms with Gasteiger partial charge >= 0.3 is 6.18 Å². The van der Waals surface area contributed by atoms with Crippen LogP contribution in [-0.4, -0.2) is 23.3 Å². The topological polar surface area (TPSA) is 49.4 Å². The molecule has 1 unspecified atom stereocenters. The first-order valence-corrected chi connectivity index (χ1v) is 12.0. The number of hydrogen-bond donors (Lipinski definition) is 1.